The molecular weight excluding hydrogens is 251 g/mol. The van der Waals surface area contributed by atoms with E-state index >= 15 is 0 Å². The van der Waals surface area contributed by atoms with E-state index in [9.17, 15) is 19.1 Å². The summed E-state index contributed by atoms with van der Waals surface area (Å²) < 4.78 is 13.3. The molecule has 0 saturated carbocycles. The summed E-state index contributed by atoms with van der Waals surface area (Å²) in [6.45, 7) is 2.24. The zero-order chi connectivity index (χ0) is 14.0. The summed E-state index contributed by atoms with van der Waals surface area (Å²) in [5.74, 6) is -3.05. The summed E-state index contributed by atoms with van der Waals surface area (Å²) >= 11 is 0. The van der Waals surface area contributed by atoms with E-state index in [1.54, 1.807) is 0 Å². The number of amides is 1. The summed E-state index contributed by atoms with van der Waals surface area (Å²) in [4.78, 5) is 26.2. The second-order valence-electron chi connectivity index (χ2n) is 4.11. The summed E-state index contributed by atoms with van der Waals surface area (Å²) in [7, 11) is 0. The predicted octanol–water partition coefficient (Wildman–Crippen LogP) is 1.72. The highest BCUT2D eigenvalue weighted by Crippen LogP contribution is 2.30. The zero-order valence-electron chi connectivity index (χ0n) is 10.3. The molecule has 1 heterocycles. The Balaban J connectivity index is 2.43. The number of phenols is 1. The van der Waals surface area contributed by atoms with Gasteiger partial charge in [0.05, 0.1) is 16.5 Å². The quantitative estimate of drug-likeness (QED) is 0.581. The smallest absolute Gasteiger partial charge is 0.292 e. The molecule has 0 fully saturated rings. The first-order chi connectivity index (χ1) is 9.06. The SMILES string of the molecule is CCCNC(=O)C(=O)c1c[nH]c2ccc(F)c(O)c12. The molecule has 1 aromatic carbocycles. The number of carbonyl (C=O) groups excluding carboxylic acids is 2. The molecule has 1 aromatic heterocycles. The maximum Gasteiger partial charge on any atom is 0.292 e. The van der Waals surface area contributed by atoms with Crippen LogP contribution in [-0.2, 0) is 4.79 Å². The molecule has 0 radical (unpaired) electrons. The first kappa shape index (κ1) is 13.1. The van der Waals surface area contributed by atoms with Crippen molar-refractivity contribution in [3.63, 3.8) is 0 Å². The van der Waals surface area contributed by atoms with Crippen LogP contribution in [0.15, 0.2) is 18.3 Å². The van der Waals surface area contributed by atoms with Crippen LogP contribution >= 0.6 is 0 Å². The number of hydrogen-bond acceptors (Lipinski definition) is 3. The number of rotatable bonds is 4. The molecule has 100 valence electrons. The van der Waals surface area contributed by atoms with E-state index in [1.165, 1.54) is 12.3 Å². The van der Waals surface area contributed by atoms with Crippen LogP contribution < -0.4 is 5.32 Å². The number of hydrogen-bond donors (Lipinski definition) is 3. The predicted molar refractivity (Wildman–Crippen MR) is 67.6 cm³/mol. The molecule has 0 spiro atoms. The van der Waals surface area contributed by atoms with Gasteiger partial charge < -0.3 is 15.4 Å². The number of H-pyrrole nitrogens is 1. The van der Waals surface area contributed by atoms with Gasteiger partial charge in [-0.3, -0.25) is 9.59 Å². The lowest BCUT2D eigenvalue weighted by Crippen LogP contribution is -2.31. The third-order valence-corrected chi connectivity index (χ3v) is 2.76. The van der Waals surface area contributed by atoms with Crippen molar-refractivity contribution in [1.29, 1.82) is 0 Å². The summed E-state index contributed by atoms with van der Waals surface area (Å²) in [6.07, 6.45) is 1.99. The standard InChI is InChI=1S/C13H13FN2O3/c1-2-5-15-13(19)11(17)7-6-16-9-4-3-8(14)12(18)10(7)9/h3-4,6,16,18H,2,5H2,1H3,(H,15,19). The van der Waals surface area contributed by atoms with Crippen molar-refractivity contribution in [3.05, 3.63) is 29.7 Å². The number of Topliss-reactive ketones (excluding diaryl/α,β-unsaturated/α-hetero) is 1. The van der Waals surface area contributed by atoms with E-state index < -0.39 is 23.3 Å². The first-order valence-electron chi connectivity index (χ1n) is 5.87. The number of benzene rings is 1. The molecule has 5 nitrogen and oxygen atoms in total. The number of ketones is 1. The minimum Gasteiger partial charge on any atom is -0.504 e. The number of phenolic OH excluding ortho intramolecular Hbond substituents is 1. The number of fused-ring (bicyclic) bond motifs is 1. The Hall–Kier alpha value is -2.37. The number of aromatic hydroxyl groups is 1. The van der Waals surface area contributed by atoms with Crippen LogP contribution in [0.4, 0.5) is 4.39 Å². The molecule has 0 saturated heterocycles. The van der Waals surface area contributed by atoms with Gasteiger partial charge in [0.15, 0.2) is 11.6 Å². The molecule has 0 atom stereocenters. The molecule has 2 rings (SSSR count). The van der Waals surface area contributed by atoms with Gasteiger partial charge in [0.1, 0.15) is 0 Å². The van der Waals surface area contributed by atoms with Gasteiger partial charge in [-0.2, -0.15) is 0 Å². The van der Waals surface area contributed by atoms with E-state index in [1.807, 2.05) is 6.92 Å². The topological polar surface area (TPSA) is 82.2 Å². The molecule has 0 aliphatic carbocycles. The second kappa shape index (κ2) is 5.09. The fraction of sp³-hybridized carbons (Fsp3) is 0.231. The summed E-state index contributed by atoms with van der Waals surface area (Å²) in [6, 6.07) is 2.48. The van der Waals surface area contributed by atoms with Gasteiger partial charge in [-0.1, -0.05) is 6.92 Å². The maximum atomic E-state index is 13.3. The van der Waals surface area contributed by atoms with Gasteiger partial charge in [0, 0.05) is 12.7 Å². The molecule has 0 bridgehead atoms. The third-order valence-electron chi connectivity index (χ3n) is 2.76. The van der Waals surface area contributed by atoms with Gasteiger partial charge in [0.25, 0.3) is 11.7 Å². The highest BCUT2D eigenvalue weighted by atomic mass is 19.1. The number of aromatic amines is 1. The number of aromatic nitrogens is 1. The Morgan fingerprint density at radius 1 is 1.42 bits per heavy atom. The molecule has 19 heavy (non-hydrogen) atoms. The molecule has 0 unspecified atom stereocenters. The molecule has 0 aliphatic rings. The van der Waals surface area contributed by atoms with Gasteiger partial charge in [-0.15, -0.1) is 0 Å². The normalized spacial score (nSPS) is 10.6. The Kier molecular flexibility index (Phi) is 3.50. The van der Waals surface area contributed by atoms with Crippen molar-refractivity contribution in [2.45, 2.75) is 13.3 Å². The van der Waals surface area contributed by atoms with Crippen molar-refractivity contribution >= 4 is 22.6 Å². The van der Waals surface area contributed by atoms with Crippen molar-refractivity contribution in [2.75, 3.05) is 6.54 Å². The zero-order valence-corrected chi connectivity index (χ0v) is 10.3. The highest BCUT2D eigenvalue weighted by Gasteiger charge is 2.22. The monoisotopic (exact) mass is 264 g/mol. The molecule has 2 aromatic rings. The van der Waals surface area contributed by atoms with Crippen molar-refractivity contribution in [3.8, 4) is 5.75 Å². The largest absolute Gasteiger partial charge is 0.504 e. The number of nitrogens with one attached hydrogen (secondary N) is 2. The minimum atomic E-state index is -0.838. The highest BCUT2D eigenvalue weighted by molar-refractivity contribution is 6.45. The van der Waals surface area contributed by atoms with Gasteiger partial charge in [0.2, 0.25) is 0 Å². The average molecular weight is 264 g/mol. The Bertz CT molecular complexity index is 649. The van der Waals surface area contributed by atoms with E-state index in [2.05, 4.69) is 10.3 Å². The van der Waals surface area contributed by atoms with Crippen LogP contribution in [0.25, 0.3) is 10.9 Å². The third kappa shape index (κ3) is 2.29. The average Bonchev–Trinajstić information content (AvgIpc) is 2.83. The molecular formula is C13H13FN2O3. The maximum absolute atomic E-state index is 13.3. The van der Waals surface area contributed by atoms with Gasteiger partial charge in [-0.25, -0.2) is 4.39 Å². The lowest BCUT2D eigenvalue weighted by molar-refractivity contribution is -0.116. The van der Waals surface area contributed by atoms with Crippen LogP contribution in [0, 0.1) is 5.82 Å². The Morgan fingerprint density at radius 2 is 2.16 bits per heavy atom. The van der Waals surface area contributed by atoms with Gasteiger partial charge >= 0.3 is 0 Å². The van der Waals surface area contributed by atoms with Crippen LogP contribution in [0.5, 0.6) is 5.75 Å². The fourth-order valence-electron chi connectivity index (χ4n) is 1.80. The van der Waals surface area contributed by atoms with Crippen molar-refractivity contribution < 1.29 is 19.1 Å². The van der Waals surface area contributed by atoms with Crippen LogP contribution in [0.3, 0.4) is 0 Å². The molecule has 1 amide bonds. The van der Waals surface area contributed by atoms with Crippen LogP contribution in [0.2, 0.25) is 0 Å². The van der Waals surface area contributed by atoms with E-state index in [-0.39, 0.29) is 10.9 Å². The Morgan fingerprint density at radius 3 is 2.84 bits per heavy atom. The minimum absolute atomic E-state index is 0.0247. The van der Waals surface area contributed by atoms with Crippen molar-refractivity contribution in [1.82, 2.24) is 10.3 Å². The fourth-order valence-corrected chi connectivity index (χ4v) is 1.80. The number of halogens is 1. The van der Waals surface area contributed by atoms with Crippen LogP contribution in [0.1, 0.15) is 23.7 Å². The first-order valence-corrected chi connectivity index (χ1v) is 5.87. The van der Waals surface area contributed by atoms with E-state index in [0.717, 1.165) is 6.07 Å². The lowest BCUT2D eigenvalue weighted by atomic mass is 10.1. The van der Waals surface area contributed by atoms with E-state index in [0.29, 0.717) is 18.5 Å². The van der Waals surface area contributed by atoms with Gasteiger partial charge in [-0.05, 0) is 18.6 Å². The molecule has 6 heteroatoms. The number of carbonyl (C=O) groups is 2. The summed E-state index contributed by atoms with van der Waals surface area (Å²) in [5, 5.41) is 12.1. The Labute approximate surface area is 108 Å². The second-order valence-corrected chi connectivity index (χ2v) is 4.11. The van der Waals surface area contributed by atoms with E-state index in [4.69, 9.17) is 0 Å². The van der Waals surface area contributed by atoms with Crippen molar-refractivity contribution in [2.24, 2.45) is 0 Å². The molecule has 0 aliphatic heterocycles. The van der Waals surface area contributed by atoms with Crippen LogP contribution in [-0.4, -0.2) is 28.3 Å². The lowest BCUT2D eigenvalue weighted by Gasteiger charge is -2.03. The molecule has 3 N–H and O–H groups in total. The summed E-state index contributed by atoms with van der Waals surface area (Å²) in [5.41, 5.74) is 0.353.